The Kier molecular flexibility index (Phi) is 30.9. The molecule has 6 saturated heterocycles. The summed E-state index contributed by atoms with van der Waals surface area (Å²) >= 11 is 24.4. The van der Waals surface area contributed by atoms with E-state index in [9.17, 15) is 38.8 Å². The van der Waals surface area contributed by atoms with E-state index in [1.54, 1.807) is 26.0 Å². The summed E-state index contributed by atoms with van der Waals surface area (Å²) in [5, 5.41) is 22.3. The normalized spacial score (nSPS) is 26.1. The first kappa shape index (κ1) is 91.8. The number of carbonyl (C=O) groups is 6. The summed E-state index contributed by atoms with van der Waals surface area (Å²) in [5.74, 6) is 2.30. The molecule has 28 heteroatoms. The van der Waals surface area contributed by atoms with E-state index in [4.69, 9.17) is 76.8 Å². The van der Waals surface area contributed by atoms with Crippen LogP contribution < -0.4 is 11.5 Å². The number of nitrogens with zero attached hydrogens (tertiary/aromatic N) is 8. The first-order chi connectivity index (χ1) is 58.8. The molecule has 4 saturated carbocycles. The minimum Gasteiger partial charge on any atom is -0.466 e. The van der Waals surface area contributed by atoms with Crippen LogP contribution in [0.4, 0.5) is 11.6 Å². The van der Waals surface area contributed by atoms with Gasteiger partial charge in [0.15, 0.2) is 0 Å². The number of aromatic nitrogens is 2. The van der Waals surface area contributed by atoms with Crippen molar-refractivity contribution in [1.29, 1.82) is 0 Å². The number of hydrogen-bond acceptors (Lipinski definition) is 20. The fourth-order valence-electron chi connectivity index (χ4n) is 21.9. The third-order valence-electron chi connectivity index (χ3n) is 28.7. The van der Waals surface area contributed by atoms with Gasteiger partial charge in [-0.2, -0.15) is 0 Å². The molecule has 6 aliphatic heterocycles. The van der Waals surface area contributed by atoms with Crippen LogP contribution in [0.2, 0.25) is 33.7 Å². The third kappa shape index (κ3) is 21.1. The number of nitrogens with two attached hydrogens (primary N) is 2. The lowest BCUT2D eigenvalue weighted by atomic mass is 9.72. The summed E-state index contributed by atoms with van der Waals surface area (Å²) < 4.78 is 20.9. The van der Waals surface area contributed by atoms with E-state index in [0.717, 1.165) is 217 Å². The van der Waals surface area contributed by atoms with Gasteiger partial charge in [0.2, 0.25) is 11.8 Å². The summed E-state index contributed by atoms with van der Waals surface area (Å²) in [6, 6.07) is 39.4. The number of carbonyl (C=O) groups excluding carboxylic acids is 6. The zero-order valence-electron chi connectivity index (χ0n) is 71.0. The molecule has 0 radical (unpaired) electrons. The van der Waals surface area contributed by atoms with Gasteiger partial charge in [0.05, 0.1) is 49.4 Å². The van der Waals surface area contributed by atoms with Crippen molar-refractivity contribution in [2.75, 3.05) is 103 Å². The van der Waals surface area contributed by atoms with Crippen molar-refractivity contribution in [3.8, 4) is 0 Å². The fourth-order valence-corrected chi connectivity index (χ4v) is 22.4. The molecular formula is C94H124B2Cl4N10O12. The molecule has 122 heavy (non-hydrogen) atoms. The molecule has 2 amide bonds. The monoisotopic (exact) mass is 1750 g/mol. The number of hydrogen-bond donors (Lipinski definition) is 4. The molecule has 2 unspecified atom stereocenters. The Morgan fingerprint density at radius 1 is 0.426 bits per heavy atom. The van der Waals surface area contributed by atoms with E-state index in [1.165, 1.54) is 23.7 Å². The van der Waals surface area contributed by atoms with Crippen LogP contribution in [0.15, 0.2) is 159 Å². The van der Waals surface area contributed by atoms with Crippen LogP contribution in [0.5, 0.6) is 0 Å². The van der Waals surface area contributed by atoms with Gasteiger partial charge in [-0.25, -0.2) is 9.97 Å². The van der Waals surface area contributed by atoms with Crippen molar-refractivity contribution in [2.45, 2.75) is 165 Å². The molecule has 0 bridgehead atoms. The Balaban J connectivity index is 0.000000163. The highest BCUT2D eigenvalue weighted by atomic mass is 35.5. The molecule has 8 heterocycles. The van der Waals surface area contributed by atoms with Crippen LogP contribution in [-0.4, -0.2) is 191 Å². The minimum absolute atomic E-state index is 0. The second-order valence-corrected chi connectivity index (χ2v) is 37.0. The maximum Gasteiger partial charge on any atom is 0.376 e. The number of pyridine rings is 2. The van der Waals surface area contributed by atoms with Crippen LogP contribution >= 0.6 is 46.4 Å². The average Bonchev–Trinajstić information content (AvgIpc) is 1.57. The van der Waals surface area contributed by atoms with E-state index < -0.39 is 14.1 Å². The van der Waals surface area contributed by atoms with Gasteiger partial charge in [-0.3, -0.25) is 38.6 Å². The molecule has 4 aliphatic carbocycles. The second kappa shape index (κ2) is 41.1. The lowest BCUT2D eigenvalue weighted by Crippen LogP contribution is -2.47. The number of benzene rings is 4. The summed E-state index contributed by atoms with van der Waals surface area (Å²) in [4.78, 5) is 98.0. The molecule has 6 aromatic rings. The van der Waals surface area contributed by atoms with E-state index in [1.807, 2.05) is 111 Å². The molecule has 4 aromatic carbocycles. The Labute approximate surface area is 743 Å². The average molecular weight is 1750 g/mol. The number of likely N-dealkylation sites (tertiary alicyclic amines) is 4. The summed E-state index contributed by atoms with van der Waals surface area (Å²) in [6.07, 6.45) is 20.2. The van der Waals surface area contributed by atoms with E-state index in [0.29, 0.717) is 80.4 Å². The molecule has 8 atom stereocenters. The van der Waals surface area contributed by atoms with E-state index in [-0.39, 0.29) is 83.9 Å². The Morgan fingerprint density at radius 3 is 0.934 bits per heavy atom. The van der Waals surface area contributed by atoms with Gasteiger partial charge >= 0.3 is 38.0 Å². The smallest absolute Gasteiger partial charge is 0.376 e. The maximum atomic E-state index is 13.4. The van der Waals surface area contributed by atoms with Crippen LogP contribution in [0.25, 0.3) is 0 Å². The molecule has 0 spiro atoms. The predicted octanol–water partition coefficient (Wildman–Crippen LogP) is 15.3. The molecule has 16 rings (SSSR count). The van der Waals surface area contributed by atoms with Crippen molar-refractivity contribution in [3.63, 3.8) is 0 Å². The second-order valence-electron chi connectivity index (χ2n) is 35.3. The molecular weight excluding hydrogens is 1620 g/mol. The minimum atomic E-state index is -0.418. The zero-order chi connectivity index (χ0) is 86.6. The van der Waals surface area contributed by atoms with Gasteiger partial charge in [-0.1, -0.05) is 108 Å². The first-order valence-corrected chi connectivity index (χ1v) is 45.6. The van der Waals surface area contributed by atoms with Gasteiger partial charge < -0.3 is 59.9 Å². The van der Waals surface area contributed by atoms with Gasteiger partial charge in [-0.15, -0.1) is 0 Å². The summed E-state index contributed by atoms with van der Waals surface area (Å²) in [7, 11) is -0.837. The summed E-state index contributed by atoms with van der Waals surface area (Å²) in [5.41, 5.74) is 17.9. The lowest BCUT2D eigenvalue weighted by molar-refractivity contribution is -0.146. The number of ether oxygens (including phenoxy) is 4. The number of piperidine rings is 6. The molecule has 2 aromatic heterocycles. The number of nitrogen functional groups attached to an aromatic ring is 2. The number of halogens is 4. The van der Waals surface area contributed by atoms with Crippen molar-refractivity contribution < 1.29 is 60.6 Å². The Hall–Kier alpha value is -7.87. The van der Waals surface area contributed by atoms with Crippen LogP contribution in [0, 0.1) is 59.2 Å². The van der Waals surface area contributed by atoms with Crippen molar-refractivity contribution in [3.05, 3.63) is 213 Å². The van der Waals surface area contributed by atoms with E-state index in [2.05, 4.69) is 76.6 Å². The standard InChI is InChI=1S/2C29H37ClN4O3.2C18H23BClNO3.2H2/c2*1-2-37-28(36)25-18-29(25,22-3-5-24(30)6-4-22)23-10-15-34(16-11-23)27(35)21-8-13-33(14-9-21)19-20-7-12-32-26(31)17-20;2*1-3-24-17(22)16-12-18(16,13-4-6-15(20)7-5-13)14-8-10-21(11-9-14)19(2)23;;/h2*3-7,12,17,21,23,25H,2,8-11,13-16,18-19H2,1H3,(H2,31,32);2*3-7,14,16,23H,1,8-12H2,2H3;2*1H/t2*25-,29?;16-,18+;16-,18-;;/m1010../s1. The van der Waals surface area contributed by atoms with Crippen molar-refractivity contribution >= 4 is 108 Å². The number of esters is 4. The lowest BCUT2D eigenvalue weighted by Gasteiger charge is -2.40. The van der Waals surface area contributed by atoms with Crippen molar-refractivity contribution in [2.24, 2.45) is 59.2 Å². The largest absolute Gasteiger partial charge is 0.466 e. The first-order valence-electron chi connectivity index (χ1n) is 44.1. The Morgan fingerprint density at radius 2 is 0.689 bits per heavy atom. The quantitative estimate of drug-likeness (QED) is 0.0190. The SMILES string of the molecule is C=COC(=O)[C@@H]1C[C@]1(c1ccc(Cl)cc1)C1CCN(B(C)O)CC1.C=COC(=O)[C@H]1C[C@]1(c1ccc(Cl)cc1)C1CCN(B(C)O)CC1.CCOC(=O)[C@@H]1CC1(c1ccc(Cl)cc1)C1CCN(C(=O)C2CCN(Cc3ccnc(N)c3)CC2)CC1.CCOC(=O)[C@H]1CC1(c1ccc(Cl)cc1)C1CCN(C(=O)C2CCN(Cc3ccnc(N)c3)CC2)CC1.[HH].[HH]. The highest BCUT2D eigenvalue weighted by Gasteiger charge is 2.67. The van der Waals surface area contributed by atoms with E-state index >= 15 is 0 Å². The van der Waals surface area contributed by atoms with Gasteiger partial charge in [0.1, 0.15) is 11.6 Å². The fraction of sp³-hybridized carbons (Fsp3) is 0.532. The maximum absolute atomic E-state index is 13.4. The predicted molar refractivity (Wildman–Crippen MR) is 483 cm³/mol. The molecule has 10 fully saturated rings. The van der Waals surface area contributed by atoms with Gasteiger partial charge in [0, 0.05) is 108 Å². The third-order valence-corrected chi connectivity index (χ3v) is 29.7. The zero-order valence-corrected chi connectivity index (χ0v) is 74.1. The highest BCUT2D eigenvalue weighted by molar-refractivity contribution is 6.45. The highest BCUT2D eigenvalue weighted by Crippen LogP contribution is 2.66. The number of amides is 2. The van der Waals surface area contributed by atoms with Gasteiger partial charge in [0.25, 0.3) is 0 Å². The molecule has 656 valence electrons. The van der Waals surface area contributed by atoms with Gasteiger partial charge in [-0.05, 0) is 312 Å². The Bertz CT molecular complexity index is 4300. The topological polar surface area (TPSA) is 277 Å². The number of anilines is 2. The van der Waals surface area contributed by atoms with Crippen LogP contribution in [0.1, 0.15) is 153 Å². The molecule has 10 aliphatic rings. The summed E-state index contributed by atoms with van der Waals surface area (Å²) in [6.45, 7) is 26.8. The van der Waals surface area contributed by atoms with Crippen LogP contribution in [0.3, 0.4) is 0 Å². The molecule has 22 nitrogen and oxygen atoms in total. The molecule has 6 N–H and O–H groups in total. The van der Waals surface area contributed by atoms with Crippen molar-refractivity contribution in [1.82, 2.24) is 39.2 Å². The van der Waals surface area contributed by atoms with Crippen LogP contribution in [-0.2, 0) is 82.5 Å². The number of rotatable bonds is 24.